The molecule has 0 saturated carbocycles. The Morgan fingerprint density at radius 3 is 2.65 bits per heavy atom. The van der Waals surface area contributed by atoms with Crippen LogP contribution in [-0.2, 0) is 9.59 Å². The Morgan fingerprint density at radius 2 is 2.00 bits per heavy atom. The van der Waals surface area contributed by atoms with Gasteiger partial charge in [-0.3, -0.25) is 9.59 Å². The number of methoxy groups -OCH3 is 1. The molecule has 2 amide bonds. The second kappa shape index (κ2) is 6.27. The van der Waals surface area contributed by atoms with Crippen LogP contribution in [0, 0.1) is 0 Å². The molecule has 1 N–H and O–H groups in total. The molecule has 1 aromatic rings. The highest BCUT2D eigenvalue weighted by Gasteiger charge is 2.29. The van der Waals surface area contributed by atoms with Gasteiger partial charge in [-0.15, -0.1) is 0 Å². The highest BCUT2D eigenvalue weighted by Crippen LogP contribution is 2.17. The van der Waals surface area contributed by atoms with Gasteiger partial charge in [0.25, 0.3) is 5.91 Å². The average molecular weight is 278 g/mol. The number of hydrogen-bond acceptors (Lipinski definition) is 4. The smallest absolute Gasteiger partial charge is 0.261 e. The Kier molecular flexibility index (Phi) is 4.45. The predicted molar refractivity (Wildman–Crippen MR) is 72.7 cm³/mol. The number of nitrogens with one attached hydrogen (secondary N) is 1. The average Bonchev–Trinajstić information content (AvgIpc) is 2.48. The Hall–Kier alpha value is -2.24. The summed E-state index contributed by atoms with van der Waals surface area (Å²) in [4.78, 5) is 25.1. The third-order valence-electron chi connectivity index (χ3n) is 3.24. The summed E-state index contributed by atoms with van der Waals surface area (Å²) in [6, 6.07) is 6.54. The molecule has 1 aliphatic rings. The van der Waals surface area contributed by atoms with Gasteiger partial charge in [0.15, 0.2) is 6.61 Å². The van der Waals surface area contributed by atoms with Gasteiger partial charge in [-0.1, -0.05) is 0 Å². The molecule has 1 aromatic carbocycles. The van der Waals surface area contributed by atoms with Gasteiger partial charge in [0.2, 0.25) is 5.91 Å². The minimum absolute atomic E-state index is 0.0794. The van der Waals surface area contributed by atoms with Crippen LogP contribution in [-0.4, -0.2) is 49.6 Å². The van der Waals surface area contributed by atoms with E-state index in [1.54, 1.807) is 38.3 Å². The summed E-state index contributed by atoms with van der Waals surface area (Å²) in [6.07, 6.45) is 0. The first kappa shape index (κ1) is 14.2. The van der Waals surface area contributed by atoms with E-state index < -0.39 is 6.04 Å². The summed E-state index contributed by atoms with van der Waals surface area (Å²) in [5.41, 5.74) is 0. The zero-order valence-electron chi connectivity index (χ0n) is 11.6. The maximum Gasteiger partial charge on any atom is 0.261 e. The molecule has 1 fully saturated rings. The quantitative estimate of drug-likeness (QED) is 0.867. The number of benzene rings is 1. The molecule has 1 atom stereocenters. The molecule has 1 heterocycles. The Morgan fingerprint density at radius 1 is 1.35 bits per heavy atom. The summed E-state index contributed by atoms with van der Waals surface area (Å²) in [5.74, 6) is 0.996. The van der Waals surface area contributed by atoms with Crippen molar-refractivity contribution < 1.29 is 19.1 Å². The molecule has 0 radical (unpaired) electrons. The lowest BCUT2D eigenvalue weighted by atomic mass is 10.2. The molecular weight excluding hydrogens is 260 g/mol. The van der Waals surface area contributed by atoms with Gasteiger partial charge in [-0.2, -0.15) is 0 Å². The van der Waals surface area contributed by atoms with E-state index in [0.717, 1.165) is 5.75 Å². The van der Waals surface area contributed by atoms with Gasteiger partial charge in [0.05, 0.1) is 7.11 Å². The largest absolute Gasteiger partial charge is 0.497 e. The van der Waals surface area contributed by atoms with Crippen molar-refractivity contribution in [3.05, 3.63) is 24.3 Å². The molecule has 2 rings (SSSR count). The molecule has 0 spiro atoms. The second-order valence-electron chi connectivity index (χ2n) is 4.52. The maximum absolute atomic E-state index is 12.0. The van der Waals surface area contributed by atoms with Crippen LogP contribution in [0.3, 0.4) is 0 Å². The fourth-order valence-electron chi connectivity index (χ4n) is 2.02. The van der Waals surface area contributed by atoms with E-state index in [1.165, 1.54) is 4.90 Å². The van der Waals surface area contributed by atoms with Gasteiger partial charge in [0, 0.05) is 13.1 Å². The normalized spacial score (nSPS) is 18.4. The van der Waals surface area contributed by atoms with Gasteiger partial charge < -0.3 is 19.7 Å². The third kappa shape index (κ3) is 3.20. The van der Waals surface area contributed by atoms with Crippen molar-refractivity contribution in [2.45, 2.75) is 13.0 Å². The fraction of sp³-hybridized carbons (Fsp3) is 0.429. The minimum atomic E-state index is -0.448. The lowest BCUT2D eigenvalue weighted by Gasteiger charge is -2.32. The summed E-state index contributed by atoms with van der Waals surface area (Å²) in [6.45, 7) is 2.62. The molecule has 0 bridgehead atoms. The maximum atomic E-state index is 12.0. The molecule has 6 heteroatoms. The number of ether oxygens (including phenoxy) is 2. The molecule has 1 unspecified atom stereocenters. The lowest BCUT2D eigenvalue weighted by Crippen LogP contribution is -2.56. The van der Waals surface area contributed by atoms with Crippen LogP contribution in [0.1, 0.15) is 6.92 Å². The van der Waals surface area contributed by atoms with Crippen molar-refractivity contribution in [2.24, 2.45) is 0 Å². The highest BCUT2D eigenvalue weighted by molar-refractivity contribution is 5.89. The van der Waals surface area contributed by atoms with Crippen LogP contribution in [0.15, 0.2) is 24.3 Å². The summed E-state index contributed by atoms with van der Waals surface area (Å²) < 4.78 is 10.5. The van der Waals surface area contributed by atoms with Crippen LogP contribution in [0.25, 0.3) is 0 Å². The molecule has 1 aliphatic heterocycles. The number of hydrogen-bond donors (Lipinski definition) is 1. The number of amides is 2. The Bertz CT molecular complexity index is 486. The number of carbonyl (C=O) groups excluding carboxylic acids is 2. The number of nitrogens with zero attached hydrogens (tertiary/aromatic N) is 1. The van der Waals surface area contributed by atoms with Gasteiger partial charge in [-0.05, 0) is 31.2 Å². The van der Waals surface area contributed by atoms with Crippen molar-refractivity contribution in [1.29, 1.82) is 0 Å². The van der Waals surface area contributed by atoms with Crippen LogP contribution in [0.4, 0.5) is 0 Å². The van der Waals surface area contributed by atoms with Gasteiger partial charge in [-0.25, -0.2) is 0 Å². The SMILES string of the molecule is COc1ccc(OCC(=O)N2CCNC(=O)C2C)cc1. The van der Waals surface area contributed by atoms with E-state index in [9.17, 15) is 9.59 Å². The highest BCUT2D eigenvalue weighted by atomic mass is 16.5. The zero-order chi connectivity index (χ0) is 14.5. The Balaban J connectivity index is 1.89. The van der Waals surface area contributed by atoms with E-state index >= 15 is 0 Å². The third-order valence-corrected chi connectivity index (χ3v) is 3.24. The monoisotopic (exact) mass is 278 g/mol. The van der Waals surface area contributed by atoms with Crippen molar-refractivity contribution in [2.75, 3.05) is 26.8 Å². The second-order valence-corrected chi connectivity index (χ2v) is 4.52. The van der Waals surface area contributed by atoms with E-state index in [2.05, 4.69) is 5.32 Å². The van der Waals surface area contributed by atoms with Crippen molar-refractivity contribution in [3.63, 3.8) is 0 Å². The molecular formula is C14H18N2O4. The first-order valence-corrected chi connectivity index (χ1v) is 6.46. The number of carbonyl (C=O) groups is 2. The standard InChI is InChI=1S/C14H18N2O4/c1-10-14(18)15-7-8-16(10)13(17)9-20-12-5-3-11(19-2)4-6-12/h3-6,10H,7-9H2,1-2H3,(H,15,18). The van der Waals surface area contributed by atoms with Crippen LogP contribution < -0.4 is 14.8 Å². The fourth-order valence-corrected chi connectivity index (χ4v) is 2.02. The molecule has 0 aliphatic carbocycles. The van der Waals surface area contributed by atoms with E-state index in [1.807, 2.05) is 0 Å². The first-order chi connectivity index (χ1) is 9.61. The van der Waals surface area contributed by atoms with Crippen LogP contribution >= 0.6 is 0 Å². The summed E-state index contributed by atoms with van der Waals surface area (Å²) in [5, 5.41) is 2.72. The Labute approximate surface area is 117 Å². The van der Waals surface area contributed by atoms with Crippen molar-refractivity contribution in [1.82, 2.24) is 10.2 Å². The topological polar surface area (TPSA) is 67.9 Å². The molecule has 1 saturated heterocycles. The molecule has 0 aromatic heterocycles. The molecule has 108 valence electrons. The van der Waals surface area contributed by atoms with Gasteiger partial charge >= 0.3 is 0 Å². The zero-order valence-corrected chi connectivity index (χ0v) is 11.6. The first-order valence-electron chi connectivity index (χ1n) is 6.46. The summed E-state index contributed by atoms with van der Waals surface area (Å²) in [7, 11) is 1.59. The van der Waals surface area contributed by atoms with Gasteiger partial charge in [0.1, 0.15) is 17.5 Å². The van der Waals surface area contributed by atoms with E-state index in [4.69, 9.17) is 9.47 Å². The van der Waals surface area contributed by atoms with Crippen LogP contribution in [0.2, 0.25) is 0 Å². The molecule has 20 heavy (non-hydrogen) atoms. The minimum Gasteiger partial charge on any atom is -0.497 e. The summed E-state index contributed by atoms with van der Waals surface area (Å²) >= 11 is 0. The number of rotatable bonds is 4. The predicted octanol–water partition coefficient (Wildman–Crippen LogP) is 0.421. The van der Waals surface area contributed by atoms with Crippen molar-refractivity contribution in [3.8, 4) is 11.5 Å². The van der Waals surface area contributed by atoms with E-state index in [0.29, 0.717) is 18.8 Å². The van der Waals surface area contributed by atoms with Crippen molar-refractivity contribution >= 4 is 11.8 Å². The van der Waals surface area contributed by atoms with Crippen LogP contribution in [0.5, 0.6) is 11.5 Å². The van der Waals surface area contributed by atoms with E-state index in [-0.39, 0.29) is 18.4 Å². The lowest BCUT2D eigenvalue weighted by molar-refractivity contribution is -0.143. The molecule has 6 nitrogen and oxygen atoms in total. The number of piperazine rings is 1.